The molecule has 0 saturated carbocycles. The van der Waals surface area contributed by atoms with E-state index >= 15 is 0 Å². The predicted molar refractivity (Wildman–Crippen MR) is 157 cm³/mol. The van der Waals surface area contributed by atoms with Crippen LogP contribution in [0.2, 0.25) is 0 Å². The summed E-state index contributed by atoms with van der Waals surface area (Å²) < 4.78 is 47.4. The molecule has 2 amide bonds. The number of aromatic nitrogens is 2. The van der Waals surface area contributed by atoms with Crippen LogP contribution in [0, 0.1) is 0 Å². The van der Waals surface area contributed by atoms with Crippen LogP contribution < -0.4 is 20.1 Å². The molecule has 254 valence electrons. The number of carbonyl (C=O) groups is 3. The van der Waals surface area contributed by atoms with Gasteiger partial charge in [0.2, 0.25) is 0 Å². The standard InChI is InChI=1S/C28H46N5O5.C2HF3O2/c1-7-9-10-15-37-24-17-23-22(32(8-2)25(18-29)33(23)19-20(3)34)16-21(24)26(35)30-11-13-31(14-12-30)27(36)38-28(4,5)6;3-2(4,5)1(6)7/h16-17,20,34H,7-15,18-19,29H2,1-6H3;(H,6,7)/q+1;/p-1/t20-;/m0./s1. The average molecular weight is 646 g/mol. The van der Waals surface area contributed by atoms with E-state index in [0.29, 0.717) is 63.7 Å². The number of hydrogen-bond donors (Lipinski definition) is 2. The number of piperazine rings is 1. The number of carboxylic acids is 1. The van der Waals surface area contributed by atoms with Crippen molar-refractivity contribution in [2.75, 3.05) is 32.8 Å². The van der Waals surface area contributed by atoms with Gasteiger partial charge in [-0.15, -0.1) is 0 Å². The van der Waals surface area contributed by atoms with Gasteiger partial charge in [-0.05, 0) is 41.0 Å². The van der Waals surface area contributed by atoms with Crippen LogP contribution in [0.3, 0.4) is 0 Å². The summed E-state index contributed by atoms with van der Waals surface area (Å²) in [4.78, 5) is 38.5. The minimum absolute atomic E-state index is 0.124. The van der Waals surface area contributed by atoms with Crippen molar-refractivity contribution in [3.8, 4) is 5.75 Å². The number of aryl methyl sites for hydroxylation is 1. The number of nitrogens with two attached hydrogens (primary N) is 1. The molecule has 1 aliphatic heterocycles. The smallest absolute Gasteiger partial charge is 0.430 e. The SMILES string of the molecule is CCCCCOc1cc2c(cc1C(=O)N1CCN(C(=O)OC(C)(C)C)CC1)n(CC)c(CN)[n+]2C[C@H](C)O.O=C([O-])C(F)(F)F. The average Bonchev–Trinajstić information content (AvgIpc) is 3.24. The summed E-state index contributed by atoms with van der Waals surface area (Å²) in [5, 5.41) is 19.0. The second-order valence-corrected chi connectivity index (χ2v) is 11.8. The zero-order valence-electron chi connectivity index (χ0n) is 26.9. The Hall–Kier alpha value is -3.59. The number of aliphatic hydroxyl groups is 1. The minimum Gasteiger partial charge on any atom is -0.542 e. The first-order valence-corrected chi connectivity index (χ1v) is 15.1. The van der Waals surface area contributed by atoms with Gasteiger partial charge in [0, 0.05) is 38.3 Å². The maximum atomic E-state index is 13.8. The van der Waals surface area contributed by atoms with Gasteiger partial charge in [-0.2, -0.15) is 13.2 Å². The van der Waals surface area contributed by atoms with Crippen LogP contribution in [0.25, 0.3) is 11.0 Å². The van der Waals surface area contributed by atoms with Crippen molar-refractivity contribution in [2.24, 2.45) is 5.73 Å². The first-order valence-electron chi connectivity index (χ1n) is 15.1. The number of carboxylic acid groups (broad SMARTS) is 1. The summed E-state index contributed by atoms with van der Waals surface area (Å²) in [6.45, 7) is 15.0. The van der Waals surface area contributed by atoms with E-state index in [1.54, 1.807) is 16.7 Å². The van der Waals surface area contributed by atoms with E-state index in [9.17, 15) is 27.9 Å². The number of imidazole rings is 1. The molecule has 0 unspecified atom stereocenters. The molecule has 1 fully saturated rings. The topological polar surface area (TPSA) is 154 Å². The number of nitrogens with zero attached hydrogens (tertiary/aromatic N) is 4. The summed E-state index contributed by atoms with van der Waals surface area (Å²) in [6.07, 6.45) is -3.09. The number of carbonyl (C=O) groups excluding carboxylic acids is 3. The molecular formula is C30H46F3N5O7. The molecule has 1 aromatic carbocycles. The second-order valence-electron chi connectivity index (χ2n) is 11.8. The van der Waals surface area contributed by atoms with Gasteiger partial charge in [-0.25, -0.2) is 13.9 Å². The Morgan fingerprint density at radius 2 is 1.64 bits per heavy atom. The van der Waals surface area contributed by atoms with Crippen molar-refractivity contribution in [3.05, 3.63) is 23.5 Å². The quantitative estimate of drug-likeness (QED) is 0.295. The van der Waals surface area contributed by atoms with E-state index in [1.807, 2.05) is 44.4 Å². The molecule has 2 heterocycles. The Balaban J connectivity index is 0.000000900. The summed E-state index contributed by atoms with van der Waals surface area (Å²) in [7, 11) is 0. The number of rotatable bonds is 10. The Labute approximate surface area is 261 Å². The highest BCUT2D eigenvalue weighted by Crippen LogP contribution is 2.29. The number of alkyl halides is 3. The Morgan fingerprint density at radius 3 is 2.11 bits per heavy atom. The summed E-state index contributed by atoms with van der Waals surface area (Å²) >= 11 is 0. The minimum atomic E-state index is -5.19. The number of hydrogen-bond acceptors (Lipinski definition) is 8. The fourth-order valence-electron chi connectivity index (χ4n) is 4.86. The number of aliphatic carboxylic acids is 1. The van der Waals surface area contributed by atoms with Crippen LogP contribution in [0.15, 0.2) is 12.1 Å². The molecule has 1 atom stereocenters. The molecule has 15 heteroatoms. The highest BCUT2D eigenvalue weighted by atomic mass is 19.4. The van der Waals surface area contributed by atoms with Gasteiger partial charge in [-0.3, -0.25) is 4.79 Å². The number of ether oxygens (including phenoxy) is 2. The van der Waals surface area contributed by atoms with Crippen molar-refractivity contribution >= 4 is 29.0 Å². The fraction of sp³-hybridized carbons (Fsp3) is 0.667. The zero-order valence-corrected chi connectivity index (χ0v) is 26.9. The normalized spacial score (nSPS) is 14.6. The third-order valence-electron chi connectivity index (χ3n) is 6.91. The van der Waals surface area contributed by atoms with Crippen LogP contribution in [-0.2, 0) is 29.2 Å². The van der Waals surface area contributed by atoms with Crippen LogP contribution in [-0.4, -0.2) is 88.1 Å². The van der Waals surface area contributed by atoms with E-state index in [4.69, 9.17) is 25.1 Å². The lowest BCUT2D eigenvalue weighted by molar-refractivity contribution is -0.686. The number of benzene rings is 1. The van der Waals surface area contributed by atoms with Crippen molar-refractivity contribution in [3.63, 3.8) is 0 Å². The molecule has 0 bridgehead atoms. The van der Waals surface area contributed by atoms with Gasteiger partial charge in [-0.1, -0.05) is 19.8 Å². The number of unbranched alkanes of at least 4 members (excludes halogenated alkanes) is 2. The lowest BCUT2D eigenvalue weighted by Crippen LogP contribution is -2.51. The molecule has 1 aliphatic rings. The molecule has 3 N–H and O–H groups in total. The van der Waals surface area contributed by atoms with Gasteiger partial charge in [0.1, 0.15) is 23.9 Å². The zero-order chi connectivity index (χ0) is 34.1. The summed E-state index contributed by atoms with van der Waals surface area (Å²) in [6, 6.07) is 3.81. The maximum absolute atomic E-state index is 13.8. The van der Waals surface area contributed by atoms with Gasteiger partial charge in [0.15, 0.2) is 11.0 Å². The van der Waals surface area contributed by atoms with Crippen LogP contribution >= 0.6 is 0 Å². The van der Waals surface area contributed by atoms with Gasteiger partial charge >= 0.3 is 12.3 Å². The number of halogens is 3. The summed E-state index contributed by atoms with van der Waals surface area (Å²) in [5.41, 5.74) is 7.83. The predicted octanol–water partition coefficient (Wildman–Crippen LogP) is 2.35. The lowest BCUT2D eigenvalue weighted by Gasteiger charge is -2.35. The summed E-state index contributed by atoms with van der Waals surface area (Å²) in [5.74, 6) is -1.71. The van der Waals surface area contributed by atoms with Gasteiger partial charge < -0.3 is 40.0 Å². The number of amides is 2. The molecule has 45 heavy (non-hydrogen) atoms. The molecule has 1 aromatic heterocycles. The molecular weight excluding hydrogens is 599 g/mol. The van der Waals surface area contributed by atoms with E-state index in [2.05, 4.69) is 11.5 Å². The lowest BCUT2D eigenvalue weighted by atomic mass is 10.1. The molecule has 12 nitrogen and oxygen atoms in total. The van der Waals surface area contributed by atoms with E-state index < -0.39 is 23.9 Å². The van der Waals surface area contributed by atoms with Crippen molar-refractivity contribution in [1.29, 1.82) is 0 Å². The fourth-order valence-corrected chi connectivity index (χ4v) is 4.86. The van der Waals surface area contributed by atoms with Gasteiger partial charge in [0.25, 0.3) is 11.7 Å². The third-order valence-corrected chi connectivity index (χ3v) is 6.91. The highest BCUT2D eigenvalue weighted by Gasteiger charge is 2.32. The monoisotopic (exact) mass is 645 g/mol. The molecule has 2 aromatic rings. The number of aliphatic hydroxyl groups excluding tert-OH is 1. The van der Waals surface area contributed by atoms with Crippen LogP contribution in [0.1, 0.15) is 77.0 Å². The van der Waals surface area contributed by atoms with E-state index in [-0.39, 0.29) is 12.0 Å². The Bertz CT molecular complexity index is 1310. The van der Waals surface area contributed by atoms with Crippen LogP contribution in [0.4, 0.5) is 18.0 Å². The first-order chi connectivity index (χ1) is 20.9. The van der Waals surface area contributed by atoms with E-state index in [1.165, 1.54) is 0 Å². The second kappa shape index (κ2) is 16.1. The third kappa shape index (κ3) is 10.5. The maximum Gasteiger partial charge on any atom is 0.430 e. The molecule has 0 aliphatic carbocycles. The molecule has 1 saturated heterocycles. The Morgan fingerprint density at radius 1 is 1.07 bits per heavy atom. The van der Waals surface area contributed by atoms with E-state index in [0.717, 1.165) is 36.1 Å². The van der Waals surface area contributed by atoms with Crippen molar-refractivity contribution in [2.45, 2.75) is 98.3 Å². The van der Waals surface area contributed by atoms with Gasteiger partial charge in [0.05, 0.1) is 31.4 Å². The first kappa shape index (κ1) is 37.6. The largest absolute Gasteiger partial charge is 0.542 e. The van der Waals surface area contributed by atoms with Crippen LogP contribution in [0.5, 0.6) is 5.75 Å². The Kier molecular flexibility index (Phi) is 13.5. The molecule has 3 rings (SSSR count). The highest BCUT2D eigenvalue weighted by molar-refractivity contribution is 6.00. The molecule has 0 radical (unpaired) electrons. The van der Waals surface area contributed by atoms with Crippen molar-refractivity contribution < 1.29 is 51.8 Å². The number of fused-ring (bicyclic) bond motifs is 1. The van der Waals surface area contributed by atoms with Crippen molar-refractivity contribution in [1.82, 2.24) is 14.4 Å². The molecule has 0 spiro atoms.